The SMILES string of the molecule is COc1cccc(CCN2C(=O)CC[C@H]3CN(C(=O)c4ccc(-n5cccn5)cc4)CC[C@H]32)c1. The van der Waals surface area contributed by atoms with Crippen LogP contribution in [0.1, 0.15) is 35.2 Å². The Hall–Kier alpha value is -3.61. The van der Waals surface area contributed by atoms with Crippen molar-refractivity contribution in [3.63, 3.8) is 0 Å². The number of hydrogen-bond acceptors (Lipinski definition) is 4. The third kappa shape index (κ3) is 4.55. The van der Waals surface area contributed by atoms with Crippen molar-refractivity contribution in [2.45, 2.75) is 31.7 Å². The van der Waals surface area contributed by atoms with Gasteiger partial charge in [0.25, 0.3) is 5.91 Å². The quantitative estimate of drug-likeness (QED) is 0.566. The van der Waals surface area contributed by atoms with Gasteiger partial charge in [-0.3, -0.25) is 9.59 Å². The van der Waals surface area contributed by atoms with Gasteiger partial charge in [-0.25, -0.2) is 4.68 Å². The Bertz CT molecular complexity index is 1140. The summed E-state index contributed by atoms with van der Waals surface area (Å²) in [6.07, 6.45) is 6.65. The number of amides is 2. The second-order valence-corrected chi connectivity index (χ2v) is 9.09. The molecule has 0 bridgehead atoms. The summed E-state index contributed by atoms with van der Waals surface area (Å²) in [5, 5.41) is 4.24. The Morgan fingerprint density at radius 3 is 2.74 bits per heavy atom. The number of fused-ring (bicyclic) bond motifs is 1. The zero-order valence-electron chi connectivity index (χ0n) is 19.5. The number of likely N-dealkylation sites (tertiary alicyclic amines) is 2. The predicted octanol–water partition coefficient (Wildman–Crippen LogP) is 3.58. The summed E-state index contributed by atoms with van der Waals surface area (Å²) >= 11 is 0. The van der Waals surface area contributed by atoms with E-state index in [1.165, 1.54) is 5.56 Å². The highest BCUT2D eigenvalue weighted by Crippen LogP contribution is 2.32. The van der Waals surface area contributed by atoms with Crippen LogP contribution in [0.3, 0.4) is 0 Å². The Morgan fingerprint density at radius 2 is 1.97 bits per heavy atom. The highest BCUT2D eigenvalue weighted by atomic mass is 16.5. The van der Waals surface area contributed by atoms with Crippen LogP contribution in [0, 0.1) is 5.92 Å². The first-order valence-electron chi connectivity index (χ1n) is 11.9. The first-order chi connectivity index (χ1) is 16.6. The monoisotopic (exact) mass is 458 g/mol. The molecule has 3 heterocycles. The molecule has 2 atom stereocenters. The number of carbonyl (C=O) groups excluding carboxylic acids is 2. The number of ether oxygens (including phenoxy) is 1. The summed E-state index contributed by atoms with van der Waals surface area (Å²) in [6, 6.07) is 17.7. The number of rotatable bonds is 6. The minimum atomic E-state index is 0.0605. The lowest BCUT2D eigenvalue weighted by atomic mass is 9.83. The molecule has 0 spiro atoms. The average molecular weight is 459 g/mol. The van der Waals surface area contributed by atoms with Gasteiger partial charge in [0.2, 0.25) is 5.91 Å². The molecule has 7 nitrogen and oxygen atoms in total. The number of benzene rings is 2. The van der Waals surface area contributed by atoms with E-state index in [1.54, 1.807) is 18.0 Å². The summed E-state index contributed by atoms with van der Waals surface area (Å²) in [5.41, 5.74) is 2.79. The molecule has 0 N–H and O–H groups in total. The molecule has 5 rings (SSSR count). The molecule has 3 aromatic rings. The van der Waals surface area contributed by atoms with Gasteiger partial charge in [-0.1, -0.05) is 12.1 Å². The minimum absolute atomic E-state index is 0.0605. The van der Waals surface area contributed by atoms with Crippen molar-refractivity contribution in [2.75, 3.05) is 26.7 Å². The van der Waals surface area contributed by atoms with E-state index in [4.69, 9.17) is 4.74 Å². The maximum atomic E-state index is 13.2. The highest BCUT2D eigenvalue weighted by molar-refractivity contribution is 5.94. The highest BCUT2D eigenvalue weighted by Gasteiger charge is 2.40. The van der Waals surface area contributed by atoms with Crippen molar-refractivity contribution >= 4 is 11.8 Å². The van der Waals surface area contributed by atoms with Gasteiger partial charge in [0.15, 0.2) is 0 Å². The van der Waals surface area contributed by atoms with Crippen LogP contribution in [-0.4, -0.2) is 64.2 Å². The van der Waals surface area contributed by atoms with Gasteiger partial charge < -0.3 is 14.5 Å². The molecule has 0 aliphatic carbocycles. The smallest absolute Gasteiger partial charge is 0.253 e. The van der Waals surface area contributed by atoms with E-state index < -0.39 is 0 Å². The lowest BCUT2D eigenvalue weighted by Crippen LogP contribution is -2.57. The first kappa shape index (κ1) is 22.2. The summed E-state index contributed by atoms with van der Waals surface area (Å²) in [4.78, 5) is 30.0. The Labute approximate surface area is 199 Å². The summed E-state index contributed by atoms with van der Waals surface area (Å²) < 4.78 is 7.10. The lowest BCUT2D eigenvalue weighted by Gasteiger charge is -2.47. The molecule has 2 saturated heterocycles. The molecule has 2 aliphatic rings. The van der Waals surface area contributed by atoms with Crippen molar-refractivity contribution in [1.29, 1.82) is 0 Å². The Kier molecular flexibility index (Phi) is 6.34. The van der Waals surface area contributed by atoms with Crippen LogP contribution in [-0.2, 0) is 11.2 Å². The second-order valence-electron chi connectivity index (χ2n) is 9.09. The molecular weight excluding hydrogens is 428 g/mol. The van der Waals surface area contributed by atoms with E-state index in [0.29, 0.717) is 37.5 Å². The van der Waals surface area contributed by atoms with Gasteiger partial charge in [-0.05, 0) is 73.2 Å². The van der Waals surface area contributed by atoms with Crippen LogP contribution in [0.15, 0.2) is 67.0 Å². The molecule has 2 fully saturated rings. The van der Waals surface area contributed by atoms with Gasteiger partial charge >= 0.3 is 0 Å². The van der Waals surface area contributed by atoms with Crippen LogP contribution >= 0.6 is 0 Å². The fourth-order valence-corrected chi connectivity index (χ4v) is 5.26. The molecule has 7 heteroatoms. The molecule has 176 valence electrons. The predicted molar refractivity (Wildman–Crippen MR) is 129 cm³/mol. The number of nitrogens with zero attached hydrogens (tertiary/aromatic N) is 4. The van der Waals surface area contributed by atoms with Gasteiger partial charge in [0.1, 0.15) is 5.75 Å². The van der Waals surface area contributed by atoms with Crippen LogP contribution in [0.2, 0.25) is 0 Å². The molecule has 2 aromatic carbocycles. The van der Waals surface area contributed by atoms with Crippen molar-refractivity contribution in [1.82, 2.24) is 19.6 Å². The molecule has 2 aliphatic heterocycles. The number of carbonyl (C=O) groups is 2. The van der Waals surface area contributed by atoms with Gasteiger partial charge in [0.05, 0.1) is 12.8 Å². The van der Waals surface area contributed by atoms with Crippen LogP contribution in [0.25, 0.3) is 5.69 Å². The summed E-state index contributed by atoms with van der Waals surface area (Å²) in [7, 11) is 1.67. The van der Waals surface area contributed by atoms with Crippen molar-refractivity contribution in [3.05, 3.63) is 78.1 Å². The number of methoxy groups -OCH3 is 1. The van der Waals surface area contributed by atoms with E-state index in [9.17, 15) is 9.59 Å². The van der Waals surface area contributed by atoms with E-state index >= 15 is 0 Å². The lowest BCUT2D eigenvalue weighted by molar-refractivity contribution is -0.140. The fourth-order valence-electron chi connectivity index (χ4n) is 5.26. The number of piperidine rings is 2. The third-order valence-corrected chi connectivity index (χ3v) is 7.09. The van der Waals surface area contributed by atoms with E-state index in [0.717, 1.165) is 30.7 Å². The zero-order valence-corrected chi connectivity index (χ0v) is 19.5. The summed E-state index contributed by atoms with van der Waals surface area (Å²) in [6.45, 7) is 2.08. The topological polar surface area (TPSA) is 67.7 Å². The van der Waals surface area contributed by atoms with Gasteiger partial charge in [0, 0.05) is 50.1 Å². The van der Waals surface area contributed by atoms with Gasteiger partial charge in [-0.2, -0.15) is 5.10 Å². The third-order valence-electron chi connectivity index (χ3n) is 7.09. The van der Waals surface area contributed by atoms with E-state index in [-0.39, 0.29) is 17.9 Å². The first-order valence-corrected chi connectivity index (χ1v) is 11.9. The molecule has 1 aromatic heterocycles. The van der Waals surface area contributed by atoms with Gasteiger partial charge in [-0.15, -0.1) is 0 Å². The Balaban J connectivity index is 1.22. The zero-order chi connectivity index (χ0) is 23.5. The second kappa shape index (κ2) is 9.71. The average Bonchev–Trinajstić information content (AvgIpc) is 3.43. The number of hydrogen-bond donors (Lipinski definition) is 0. The maximum absolute atomic E-state index is 13.2. The van der Waals surface area contributed by atoms with E-state index in [1.807, 2.05) is 59.6 Å². The Morgan fingerprint density at radius 1 is 1.12 bits per heavy atom. The maximum Gasteiger partial charge on any atom is 0.253 e. The molecular formula is C27H30N4O3. The molecule has 0 unspecified atom stereocenters. The standard InChI is InChI=1S/C27H30N4O3/c1-34-24-5-2-4-20(18-24)12-17-30-25-13-16-29(19-22(25)8-11-26(30)32)27(33)21-6-9-23(10-7-21)31-15-3-14-28-31/h2-7,9-10,14-15,18,22,25H,8,11-13,16-17,19H2,1H3/t22-,25+/m0/s1. The summed E-state index contributed by atoms with van der Waals surface area (Å²) in [5.74, 6) is 1.46. The normalized spacial score (nSPS) is 20.2. The largest absolute Gasteiger partial charge is 0.497 e. The van der Waals surface area contributed by atoms with Crippen molar-refractivity contribution < 1.29 is 14.3 Å². The van der Waals surface area contributed by atoms with Crippen LogP contribution < -0.4 is 4.74 Å². The number of aromatic nitrogens is 2. The van der Waals surface area contributed by atoms with E-state index in [2.05, 4.69) is 16.1 Å². The van der Waals surface area contributed by atoms with Crippen molar-refractivity contribution in [2.24, 2.45) is 5.92 Å². The molecule has 2 amide bonds. The molecule has 0 radical (unpaired) electrons. The van der Waals surface area contributed by atoms with Crippen molar-refractivity contribution in [3.8, 4) is 11.4 Å². The molecule has 34 heavy (non-hydrogen) atoms. The fraction of sp³-hybridized carbons (Fsp3) is 0.370. The van der Waals surface area contributed by atoms with Crippen LogP contribution in [0.5, 0.6) is 5.75 Å². The molecule has 0 saturated carbocycles. The minimum Gasteiger partial charge on any atom is -0.497 e. The van der Waals surface area contributed by atoms with Crippen LogP contribution in [0.4, 0.5) is 0 Å².